The molecule has 294 valence electrons. The van der Waals surface area contributed by atoms with E-state index in [9.17, 15) is 0 Å². The standard InChI is InChI=1S/C55H52N2O2/c1-35(2)37-25-29-39(30-26-37)56(49-21-13-15-23-51(49)58-7)53-42-18-9-10-19-43(42)54(46-34-48-44(33-45(46)53)41-17-11-12-20-47(41)55(48,5)6)57(50-22-14-16-24-52(50)59-8)40-31-27-38(28-32-40)36(3)4/h9-36H,1-8H3. The summed E-state index contributed by atoms with van der Waals surface area (Å²) >= 11 is 0. The monoisotopic (exact) mass is 772 g/mol. The Kier molecular flexibility index (Phi) is 9.67. The first-order valence-corrected chi connectivity index (χ1v) is 20.8. The molecule has 1 aliphatic carbocycles. The number of ether oxygens (including phenoxy) is 2. The van der Waals surface area contributed by atoms with Crippen molar-refractivity contribution >= 4 is 55.7 Å². The van der Waals surface area contributed by atoms with Gasteiger partial charge in [-0.2, -0.15) is 0 Å². The van der Waals surface area contributed by atoms with Crippen LogP contribution in [0.1, 0.15) is 75.6 Å². The molecule has 0 unspecified atom stereocenters. The van der Waals surface area contributed by atoms with Crippen molar-refractivity contribution in [2.24, 2.45) is 0 Å². The number of anilines is 6. The fraction of sp³-hybridized carbons (Fsp3) is 0.200. The van der Waals surface area contributed by atoms with E-state index < -0.39 is 0 Å². The second-order valence-corrected chi connectivity index (χ2v) is 16.9. The van der Waals surface area contributed by atoms with E-state index in [1.165, 1.54) is 33.4 Å². The SMILES string of the molecule is COc1ccccc1N(c1ccc(C(C)C)cc1)c1c2ccccc2c(N(c2ccc(C(C)C)cc2)c2ccccc2OC)c2cc3c(cc12)-c1ccccc1C3(C)C. The molecule has 0 N–H and O–H groups in total. The number of hydrogen-bond donors (Lipinski definition) is 0. The molecule has 0 heterocycles. The fourth-order valence-electron chi connectivity index (χ4n) is 9.23. The second-order valence-electron chi connectivity index (χ2n) is 16.9. The summed E-state index contributed by atoms with van der Waals surface area (Å²) in [6.45, 7) is 13.7. The molecule has 8 aromatic carbocycles. The van der Waals surface area contributed by atoms with E-state index in [1.54, 1.807) is 14.2 Å². The highest BCUT2D eigenvalue weighted by Gasteiger charge is 2.37. The van der Waals surface area contributed by atoms with Crippen LogP contribution in [-0.2, 0) is 5.41 Å². The van der Waals surface area contributed by atoms with E-state index in [4.69, 9.17) is 9.47 Å². The van der Waals surface area contributed by atoms with Crippen LogP contribution in [-0.4, -0.2) is 14.2 Å². The molecule has 0 saturated heterocycles. The van der Waals surface area contributed by atoms with Gasteiger partial charge >= 0.3 is 0 Å². The van der Waals surface area contributed by atoms with Gasteiger partial charge in [-0.1, -0.05) is 139 Å². The van der Waals surface area contributed by atoms with Crippen LogP contribution in [0.4, 0.5) is 34.1 Å². The van der Waals surface area contributed by atoms with Gasteiger partial charge < -0.3 is 19.3 Å². The third kappa shape index (κ3) is 6.30. The summed E-state index contributed by atoms with van der Waals surface area (Å²) in [7, 11) is 3.53. The van der Waals surface area contributed by atoms with E-state index in [0.29, 0.717) is 11.8 Å². The average molecular weight is 773 g/mol. The van der Waals surface area contributed by atoms with Crippen LogP contribution >= 0.6 is 0 Å². The molecule has 0 amide bonds. The highest BCUT2D eigenvalue weighted by molar-refractivity contribution is 6.24. The number of fused-ring (bicyclic) bond motifs is 5. The van der Waals surface area contributed by atoms with E-state index in [2.05, 4.69) is 197 Å². The van der Waals surface area contributed by atoms with Crippen LogP contribution in [0.3, 0.4) is 0 Å². The maximum atomic E-state index is 6.17. The second kappa shape index (κ2) is 15.0. The molecule has 0 saturated carbocycles. The molecule has 0 bridgehead atoms. The Morgan fingerprint density at radius 2 is 0.847 bits per heavy atom. The van der Waals surface area contributed by atoms with Gasteiger partial charge in [-0.25, -0.2) is 0 Å². The minimum absolute atomic E-state index is 0.216. The summed E-state index contributed by atoms with van der Waals surface area (Å²) in [6.07, 6.45) is 0. The predicted octanol–water partition coefficient (Wildman–Crippen LogP) is 15.5. The van der Waals surface area contributed by atoms with E-state index in [0.717, 1.165) is 67.2 Å². The zero-order chi connectivity index (χ0) is 41.0. The van der Waals surface area contributed by atoms with E-state index >= 15 is 0 Å². The van der Waals surface area contributed by atoms with E-state index in [1.807, 2.05) is 12.1 Å². The Balaban J connectivity index is 1.48. The van der Waals surface area contributed by atoms with Gasteiger partial charge in [0, 0.05) is 38.3 Å². The summed E-state index contributed by atoms with van der Waals surface area (Å²) in [6, 6.07) is 57.7. The van der Waals surface area contributed by atoms with Gasteiger partial charge in [0.25, 0.3) is 0 Å². The summed E-state index contributed by atoms with van der Waals surface area (Å²) in [4.78, 5) is 4.84. The predicted molar refractivity (Wildman–Crippen MR) is 250 cm³/mol. The summed E-state index contributed by atoms with van der Waals surface area (Å²) in [5, 5.41) is 4.54. The lowest BCUT2D eigenvalue weighted by Gasteiger charge is -2.34. The molecule has 4 nitrogen and oxygen atoms in total. The van der Waals surface area contributed by atoms with Crippen molar-refractivity contribution in [2.75, 3.05) is 24.0 Å². The molecule has 0 spiro atoms. The molecule has 9 rings (SSSR count). The quantitative estimate of drug-likeness (QED) is 0.102. The Morgan fingerprint density at radius 1 is 0.424 bits per heavy atom. The van der Waals surface area contributed by atoms with Crippen LogP contribution in [0.5, 0.6) is 11.5 Å². The first-order valence-electron chi connectivity index (χ1n) is 20.8. The Hall–Kier alpha value is -6.52. The molecular formula is C55H52N2O2. The van der Waals surface area contributed by atoms with Crippen molar-refractivity contribution in [3.63, 3.8) is 0 Å². The highest BCUT2D eigenvalue weighted by atomic mass is 16.5. The maximum Gasteiger partial charge on any atom is 0.142 e. The molecule has 0 aliphatic heterocycles. The lowest BCUT2D eigenvalue weighted by Crippen LogP contribution is -2.17. The van der Waals surface area contributed by atoms with Crippen molar-refractivity contribution in [3.8, 4) is 22.6 Å². The normalized spacial score (nSPS) is 12.8. The number of methoxy groups -OCH3 is 2. The van der Waals surface area contributed by atoms with Gasteiger partial charge in [0.15, 0.2) is 0 Å². The highest BCUT2D eigenvalue weighted by Crippen LogP contribution is 2.57. The van der Waals surface area contributed by atoms with Gasteiger partial charge in [-0.05, 0) is 106 Å². The molecule has 0 aromatic heterocycles. The number of hydrogen-bond acceptors (Lipinski definition) is 4. The van der Waals surface area contributed by atoms with Crippen LogP contribution in [0.15, 0.2) is 158 Å². The molecule has 8 aromatic rings. The number of benzene rings is 8. The van der Waals surface area contributed by atoms with Crippen molar-refractivity contribution < 1.29 is 9.47 Å². The largest absolute Gasteiger partial charge is 0.495 e. The van der Waals surface area contributed by atoms with Crippen LogP contribution < -0.4 is 19.3 Å². The summed E-state index contributed by atoms with van der Waals surface area (Å²) in [5.74, 6) is 2.42. The minimum atomic E-state index is -0.216. The number of para-hydroxylation sites is 4. The average Bonchev–Trinajstić information content (AvgIpc) is 3.49. The van der Waals surface area contributed by atoms with Gasteiger partial charge in [0.1, 0.15) is 11.5 Å². The third-order valence-corrected chi connectivity index (χ3v) is 12.4. The van der Waals surface area contributed by atoms with Crippen LogP contribution in [0.2, 0.25) is 0 Å². The Labute approximate surface area is 349 Å². The first kappa shape index (κ1) is 38.0. The molecule has 1 aliphatic rings. The lowest BCUT2D eigenvalue weighted by molar-refractivity contribution is 0.416. The molecule has 59 heavy (non-hydrogen) atoms. The smallest absolute Gasteiger partial charge is 0.142 e. The summed E-state index contributed by atoms with van der Waals surface area (Å²) < 4.78 is 12.3. The van der Waals surface area contributed by atoms with Crippen molar-refractivity contribution in [3.05, 3.63) is 180 Å². The lowest BCUT2D eigenvalue weighted by atomic mass is 9.81. The number of nitrogens with zero attached hydrogens (tertiary/aromatic N) is 2. The Bertz CT molecular complexity index is 2840. The summed E-state index contributed by atoms with van der Waals surface area (Å²) in [5.41, 5.74) is 13.9. The fourth-order valence-corrected chi connectivity index (χ4v) is 9.23. The van der Waals surface area contributed by atoms with E-state index in [-0.39, 0.29) is 5.41 Å². The first-order chi connectivity index (χ1) is 28.6. The molecule has 0 radical (unpaired) electrons. The van der Waals surface area contributed by atoms with Crippen molar-refractivity contribution in [2.45, 2.75) is 58.8 Å². The zero-order valence-electron chi connectivity index (χ0n) is 35.4. The zero-order valence-corrected chi connectivity index (χ0v) is 35.4. The molecule has 4 heteroatoms. The van der Waals surface area contributed by atoms with Crippen LogP contribution in [0, 0.1) is 0 Å². The van der Waals surface area contributed by atoms with Gasteiger partial charge in [0.05, 0.1) is 37.0 Å². The van der Waals surface area contributed by atoms with Gasteiger partial charge in [-0.3, -0.25) is 0 Å². The van der Waals surface area contributed by atoms with Crippen LogP contribution in [0.25, 0.3) is 32.7 Å². The number of rotatable bonds is 10. The topological polar surface area (TPSA) is 24.9 Å². The van der Waals surface area contributed by atoms with Gasteiger partial charge in [0.2, 0.25) is 0 Å². The molecule has 0 atom stereocenters. The van der Waals surface area contributed by atoms with Crippen molar-refractivity contribution in [1.82, 2.24) is 0 Å². The molecular weight excluding hydrogens is 721 g/mol. The maximum absolute atomic E-state index is 6.17. The molecule has 0 fully saturated rings. The van der Waals surface area contributed by atoms with Crippen molar-refractivity contribution in [1.29, 1.82) is 0 Å². The third-order valence-electron chi connectivity index (χ3n) is 12.4. The van der Waals surface area contributed by atoms with Gasteiger partial charge in [-0.15, -0.1) is 0 Å². The Morgan fingerprint density at radius 3 is 1.32 bits per heavy atom. The minimum Gasteiger partial charge on any atom is -0.495 e.